The van der Waals surface area contributed by atoms with Gasteiger partial charge in [-0.2, -0.15) is 0 Å². The molecule has 0 aromatic carbocycles. The summed E-state index contributed by atoms with van der Waals surface area (Å²) in [5, 5.41) is 9.07. The molecule has 4 unspecified atom stereocenters. The van der Waals surface area contributed by atoms with Crippen molar-refractivity contribution in [2.75, 3.05) is 0 Å². The summed E-state index contributed by atoms with van der Waals surface area (Å²) in [6.45, 7) is 40.3. The van der Waals surface area contributed by atoms with Crippen molar-refractivity contribution in [2.24, 2.45) is 61.6 Å². The standard InChI is InChI=1S/C12H22O.C12H24O.C11H20O2.C11H20O/c1-10(13)12(7-5-6-8-12)9-11(2,3)4;1-7-12(8-2,10(3)13)9-11(4,5)6;1-11(2,3)9-7-5-4-6-8(9)10(12)13;1-7(12)8-9(10(2,3)4)11(8,5)6/h5-9H2,1-4H3;7-9H2,1-6H3;8-9H,4-7H2,1-3H3,(H,12,13);8-9H,1-6H3. The minimum Gasteiger partial charge on any atom is -0.481 e. The van der Waals surface area contributed by atoms with Gasteiger partial charge in [0, 0.05) is 16.7 Å². The van der Waals surface area contributed by atoms with E-state index in [2.05, 4.69) is 111 Å². The molecular formula is C46H86O5. The van der Waals surface area contributed by atoms with Gasteiger partial charge in [-0.15, -0.1) is 0 Å². The molecule has 3 rings (SSSR count). The van der Waals surface area contributed by atoms with Crippen LogP contribution in [0.5, 0.6) is 0 Å². The third kappa shape index (κ3) is 15.4. The predicted octanol–water partition coefficient (Wildman–Crippen LogP) is 13.2. The van der Waals surface area contributed by atoms with Crippen LogP contribution in [0.4, 0.5) is 0 Å². The average molecular weight is 719 g/mol. The summed E-state index contributed by atoms with van der Waals surface area (Å²) >= 11 is 0. The highest BCUT2D eigenvalue weighted by Gasteiger charge is 2.64. The molecule has 3 saturated carbocycles. The van der Waals surface area contributed by atoms with Gasteiger partial charge < -0.3 is 5.11 Å². The second-order valence-corrected chi connectivity index (χ2v) is 22.0. The molecule has 300 valence electrons. The maximum Gasteiger partial charge on any atom is 0.306 e. The van der Waals surface area contributed by atoms with Gasteiger partial charge in [-0.25, -0.2) is 0 Å². The van der Waals surface area contributed by atoms with E-state index in [1.54, 1.807) is 20.8 Å². The fourth-order valence-electron chi connectivity index (χ4n) is 10.3. The first-order valence-electron chi connectivity index (χ1n) is 20.5. The van der Waals surface area contributed by atoms with Gasteiger partial charge in [0.25, 0.3) is 0 Å². The largest absolute Gasteiger partial charge is 0.481 e. The van der Waals surface area contributed by atoms with E-state index in [0.29, 0.717) is 35.1 Å². The van der Waals surface area contributed by atoms with Gasteiger partial charge >= 0.3 is 5.97 Å². The van der Waals surface area contributed by atoms with E-state index >= 15 is 0 Å². The van der Waals surface area contributed by atoms with Crippen molar-refractivity contribution in [2.45, 2.75) is 209 Å². The van der Waals surface area contributed by atoms with E-state index in [0.717, 1.165) is 57.8 Å². The number of carboxylic acid groups (broad SMARTS) is 1. The molecule has 4 atom stereocenters. The predicted molar refractivity (Wildman–Crippen MR) is 217 cm³/mol. The van der Waals surface area contributed by atoms with Crippen LogP contribution in [0.15, 0.2) is 0 Å². The highest BCUT2D eigenvalue weighted by atomic mass is 16.4. The Morgan fingerprint density at radius 1 is 0.667 bits per heavy atom. The Labute approximate surface area is 317 Å². The van der Waals surface area contributed by atoms with Crippen LogP contribution < -0.4 is 0 Å². The van der Waals surface area contributed by atoms with Crippen molar-refractivity contribution >= 4 is 23.3 Å². The van der Waals surface area contributed by atoms with Gasteiger partial charge in [-0.1, -0.05) is 136 Å². The van der Waals surface area contributed by atoms with Gasteiger partial charge in [-0.05, 0) is 111 Å². The van der Waals surface area contributed by atoms with Crippen molar-refractivity contribution in [3.05, 3.63) is 0 Å². The zero-order chi connectivity index (χ0) is 40.6. The quantitative estimate of drug-likeness (QED) is 0.270. The second-order valence-electron chi connectivity index (χ2n) is 22.0. The van der Waals surface area contributed by atoms with Crippen LogP contribution >= 0.6 is 0 Å². The molecule has 0 heterocycles. The van der Waals surface area contributed by atoms with E-state index < -0.39 is 5.97 Å². The first-order chi connectivity index (χ1) is 22.7. The normalized spacial score (nSPS) is 24.4. The van der Waals surface area contributed by atoms with Crippen LogP contribution in [0.3, 0.4) is 0 Å². The molecule has 0 saturated heterocycles. The third-order valence-corrected chi connectivity index (χ3v) is 12.5. The van der Waals surface area contributed by atoms with E-state index in [1.165, 1.54) is 19.3 Å². The van der Waals surface area contributed by atoms with Crippen molar-refractivity contribution in [1.29, 1.82) is 0 Å². The van der Waals surface area contributed by atoms with Crippen LogP contribution in [-0.4, -0.2) is 28.4 Å². The number of hydrogen-bond acceptors (Lipinski definition) is 4. The Morgan fingerprint density at radius 2 is 1.12 bits per heavy atom. The number of ketones is 3. The van der Waals surface area contributed by atoms with Crippen LogP contribution in [0, 0.1) is 61.6 Å². The molecule has 5 nitrogen and oxygen atoms in total. The smallest absolute Gasteiger partial charge is 0.306 e. The Bertz CT molecular complexity index is 1090. The maximum atomic E-state index is 11.6. The van der Waals surface area contributed by atoms with E-state index in [9.17, 15) is 19.2 Å². The first-order valence-corrected chi connectivity index (χ1v) is 20.5. The van der Waals surface area contributed by atoms with Crippen molar-refractivity contribution in [3.8, 4) is 0 Å². The van der Waals surface area contributed by atoms with Crippen molar-refractivity contribution < 1.29 is 24.3 Å². The third-order valence-electron chi connectivity index (χ3n) is 12.5. The molecule has 3 aliphatic rings. The lowest BCUT2D eigenvalue weighted by atomic mass is 9.66. The molecule has 0 radical (unpaired) electrons. The fraction of sp³-hybridized carbons (Fsp3) is 0.913. The minimum absolute atomic E-state index is 0.0399. The molecule has 0 amide bonds. The lowest BCUT2D eigenvalue weighted by Gasteiger charge is -2.38. The van der Waals surface area contributed by atoms with Gasteiger partial charge in [0.15, 0.2) is 0 Å². The average Bonchev–Trinajstić information content (AvgIpc) is 3.28. The number of rotatable bonds is 8. The van der Waals surface area contributed by atoms with Crippen LogP contribution in [0.2, 0.25) is 0 Å². The Morgan fingerprint density at radius 3 is 1.33 bits per heavy atom. The number of carbonyl (C=O) groups excluding carboxylic acids is 3. The lowest BCUT2D eigenvalue weighted by Crippen LogP contribution is -2.35. The maximum absolute atomic E-state index is 11.6. The van der Waals surface area contributed by atoms with Gasteiger partial charge in [-0.3, -0.25) is 19.2 Å². The van der Waals surface area contributed by atoms with Gasteiger partial charge in [0.1, 0.15) is 17.3 Å². The topological polar surface area (TPSA) is 88.5 Å². The molecule has 3 fully saturated rings. The minimum atomic E-state index is -0.598. The monoisotopic (exact) mass is 719 g/mol. The summed E-state index contributed by atoms with van der Waals surface area (Å²) < 4.78 is 0. The zero-order valence-electron chi connectivity index (χ0n) is 37.4. The highest BCUT2D eigenvalue weighted by Crippen LogP contribution is 2.65. The summed E-state index contributed by atoms with van der Waals surface area (Å²) in [5.74, 6) is 1.67. The second kappa shape index (κ2) is 18.7. The van der Waals surface area contributed by atoms with Crippen LogP contribution in [0.25, 0.3) is 0 Å². The first kappa shape index (κ1) is 49.5. The van der Waals surface area contributed by atoms with Crippen molar-refractivity contribution in [3.63, 3.8) is 0 Å². The Kier molecular flexibility index (Phi) is 18.1. The molecular weight excluding hydrogens is 633 g/mol. The molecule has 0 aliphatic heterocycles. The SMILES string of the molecule is CC(=O)C1(CC(C)(C)C)CCCC1.CC(=O)C1C(C(C)(C)C)C1(C)C.CC(C)(C)C1CCCCC1C(=O)O.CCC(CC)(CC(C)(C)C)C(C)=O. The van der Waals surface area contributed by atoms with E-state index in [4.69, 9.17) is 5.11 Å². The van der Waals surface area contributed by atoms with Crippen molar-refractivity contribution in [1.82, 2.24) is 0 Å². The van der Waals surface area contributed by atoms with E-state index in [-0.39, 0.29) is 43.8 Å². The van der Waals surface area contributed by atoms with Crippen LogP contribution in [0.1, 0.15) is 209 Å². The summed E-state index contributed by atoms with van der Waals surface area (Å²) in [5.41, 5.74) is 1.16. The molecule has 0 spiro atoms. The number of carboxylic acids is 1. The molecule has 5 heteroatoms. The van der Waals surface area contributed by atoms with E-state index in [1.807, 2.05) is 0 Å². The summed E-state index contributed by atoms with van der Waals surface area (Å²) in [7, 11) is 0. The molecule has 3 aliphatic carbocycles. The molecule has 1 N–H and O–H groups in total. The highest BCUT2D eigenvalue weighted by molar-refractivity contribution is 5.83. The number of aliphatic carboxylic acids is 1. The molecule has 51 heavy (non-hydrogen) atoms. The summed E-state index contributed by atoms with van der Waals surface area (Å²) in [4.78, 5) is 45.5. The molecule has 0 aromatic heterocycles. The summed E-state index contributed by atoms with van der Waals surface area (Å²) in [6, 6.07) is 0. The Balaban J connectivity index is 0.000000654. The lowest BCUT2D eigenvalue weighted by molar-refractivity contribution is -0.147. The summed E-state index contributed by atoms with van der Waals surface area (Å²) in [6.07, 6.45) is 13.0. The zero-order valence-corrected chi connectivity index (χ0v) is 37.4. The molecule has 0 bridgehead atoms. The number of hydrogen-bond donors (Lipinski definition) is 1. The number of carbonyl (C=O) groups is 4. The Hall–Kier alpha value is -1.52. The fourth-order valence-corrected chi connectivity index (χ4v) is 10.3. The number of Topliss-reactive ketones (excluding diaryl/α,β-unsaturated/α-hetero) is 3. The van der Waals surface area contributed by atoms with Gasteiger partial charge in [0.2, 0.25) is 0 Å². The van der Waals surface area contributed by atoms with Crippen LogP contribution in [-0.2, 0) is 19.2 Å². The van der Waals surface area contributed by atoms with Gasteiger partial charge in [0.05, 0.1) is 5.92 Å². The molecule has 0 aromatic rings.